The van der Waals surface area contributed by atoms with Crippen LogP contribution in [-0.2, 0) is 12.8 Å². The van der Waals surface area contributed by atoms with Gasteiger partial charge in [-0.1, -0.05) is 41.3 Å². The van der Waals surface area contributed by atoms with Crippen molar-refractivity contribution in [1.29, 1.82) is 5.26 Å². The Bertz CT molecular complexity index is 822. The van der Waals surface area contributed by atoms with Crippen molar-refractivity contribution in [1.82, 2.24) is 4.72 Å². The van der Waals surface area contributed by atoms with Crippen LogP contribution in [-0.4, -0.2) is 32.1 Å². The summed E-state index contributed by atoms with van der Waals surface area (Å²) in [5.74, 6) is -0.105. The third-order valence-corrected chi connectivity index (χ3v) is 5.58. The Balaban J connectivity index is 1.85. The van der Waals surface area contributed by atoms with Crippen LogP contribution in [0.1, 0.15) is 16.7 Å². The fraction of sp³-hybridized carbons (Fsp3) is 0.235. The standard InChI is InChI=1S/C17H19N3O4S/c18-8-7-13-3-1-2-4-14(13)9-12-5-6-15(16(21)10-12)20-11-17(22)19-25(20,23)24/h1-6,10,17,19,21-24H,7,9,11H2. The van der Waals surface area contributed by atoms with Crippen molar-refractivity contribution < 1.29 is 19.3 Å². The number of hydrogen-bond donors (Lipinski definition) is 5. The number of aliphatic hydroxyl groups excluding tert-OH is 1. The van der Waals surface area contributed by atoms with Crippen LogP contribution < -0.4 is 9.03 Å². The maximum atomic E-state index is 10.3. The van der Waals surface area contributed by atoms with Crippen molar-refractivity contribution in [3.63, 3.8) is 0 Å². The number of phenolic OH excluding ortho intramolecular Hbond substituents is 1. The Morgan fingerprint density at radius 3 is 2.52 bits per heavy atom. The van der Waals surface area contributed by atoms with Crippen molar-refractivity contribution in [2.45, 2.75) is 19.1 Å². The smallest absolute Gasteiger partial charge is 0.142 e. The van der Waals surface area contributed by atoms with Gasteiger partial charge in [0.15, 0.2) is 0 Å². The molecule has 0 aliphatic carbocycles. The van der Waals surface area contributed by atoms with Gasteiger partial charge in [0, 0.05) is 0 Å². The van der Waals surface area contributed by atoms with Crippen LogP contribution in [0.3, 0.4) is 0 Å². The number of benzene rings is 2. The number of aromatic hydroxyl groups is 1. The normalized spacial score (nSPS) is 20.2. The zero-order valence-corrected chi connectivity index (χ0v) is 14.1. The molecule has 0 radical (unpaired) electrons. The highest BCUT2D eigenvalue weighted by Crippen LogP contribution is 2.49. The molecule has 1 saturated heterocycles. The number of anilines is 1. The van der Waals surface area contributed by atoms with Crippen LogP contribution in [0.2, 0.25) is 0 Å². The number of rotatable bonds is 4. The monoisotopic (exact) mass is 361 g/mol. The molecule has 3 rings (SSSR count). The molecule has 0 spiro atoms. The van der Waals surface area contributed by atoms with Gasteiger partial charge in [0.2, 0.25) is 0 Å². The second-order valence-corrected chi connectivity index (χ2v) is 7.53. The Morgan fingerprint density at radius 2 is 1.92 bits per heavy atom. The SMILES string of the molecule is N#CCc1ccccc1Cc1ccc(N2CC(O)NS2(O)O)c(O)c1. The van der Waals surface area contributed by atoms with Crippen LogP contribution >= 0.6 is 11.0 Å². The Hall–Kier alpha value is -2.28. The highest BCUT2D eigenvalue weighted by Gasteiger charge is 2.36. The summed E-state index contributed by atoms with van der Waals surface area (Å²) in [5.41, 5.74) is 3.00. The van der Waals surface area contributed by atoms with Gasteiger partial charge in [-0.25, -0.2) is 0 Å². The maximum absolute atomic E-state index is 10.3. The van der Waals surface area contributed by atoms with E-state index in [2.05, 4.69) is 10.8 Å². The summed E-state index contributed by atoms with van der Waals surface area (Å²) in [6.07, 6.45) is -0.219. The summed E-state index contributed by atoms with van der Waals surface area (Å²) in [5, 5.41) is 28.8. The second-order valence-electron chi connectivity index (χ2n) is 5.82. The van der Waals surface area contributed by atoms with E-state index in [-0.39, 0.29) is 18.0 Å². The van der Waals surface area contributed by atoms with E-state index in [9.17, 15) is 19.3 Å². The summed E-state index contributed by atoms with van der Waals surface area (Å²) in [6.45, 7) is -0.0414. The third kappa shape index (κ3) is 3.71. The molecule has 1 aliphatic rings. The maximum Gasteiger partial charge on any atom is 0.142 e. The molecule has 7 nitrogen and oxygen atoms in total. The van der Waals surface area contributed by atoms with Crippen molar-refractivity contribution in [3.8, 4) is 11.8 Å². The average molecular weight is 361 g/mol. The molecule has 0 aromatic heterocycles. The summed E-state index contributed by atoms with van der Waals surface area (Å²) < 4.78 is 23.3. The summed E-state index contributed by atoms with van der Waals surface area (Å²) >= 11 is 0. The zero-order chi connectivity index (χ0) is 18.0. The lowest BCUT2D eigenvalue weighted by Crippen LogP contribution is -2.25. The number of nitriles is 1. The lowest BCUT2D eigenvalue weighted by atomic mass is 9.98. The van der Waals surface area contributed by atoms with Gasteiger partial charge < -0.3 is 10.2 Å². The minimum atomic E-state index is -3.36. The fourth-order valence-corrected chi connectivity index (χ4v) is 4.22. The van der Waals surface area contributed by atoms with Crippen molar-refractivity contribution >= 4 is 16.6 Å². The largest absolute Gasteiger partial charge is 0.506 e. The molecule has 132 valence electrons. The molecule has 1 unspecified atom stereocenters. The second kappa shape index (κ2) is 6.92. The summed E-state index contributed by atoms with van der Waals surface area (Å²) in [4.78, 5) is 0. The van der Waals surface area contributed by atoms with E-state index < -0.39 is 17.2 Å². The molecule has 1 aliphatic heterocycles. The highest BCUT2D eigenvalue weighted by molar-refractivity contribution is 8.24. The van der Waals surface area contributed by atoms with Crippen LogP contribution in [0.15, 0.2) is 42.5 Å². The van der Waals surface area contributed by atoms with Gasteiger partial charge in [-0.3, -0.25) is 13.4 Å². The van der Waals surface area contributed by atoms with Crippen molar-refractivity contribution in [3.05, 3.63) is 59.2 Å². The van der Waals surface area contributed by atoms with Gasteiger partial charge in [-0.2, -0.15) is 9.98 Å². The lowest BCUT2D eigenvalue weighted by molar-refractivity contribution is 0.182. The number of β-amino-alcohol motifs (C(OH)–C–C–N with tert-alkyl or cyclic N) is 1. The first-order valence-corrected chi connectivity index (χ1v) is 9.18. The molecule has 25 heavy (non-hydrogen) atoms. The molecule has 2 aromatic rings. The first-order valence-electron chi connectivity index (χ1n) is 7.67. The Labute approximate surface area is 147 Å². The van der Waals surface area contributed by atoms with Gasteiger partial charge in [-0.15, -0.1) is 0 Å². The van der Waals surface area contributed by atoms with Gasteiger partial charge in [0.05, 0.1) is 19.0 Å². The quantitative estimate of drug-likeness (QED) is 0.567. The fourth-order valence-electron chi connectivity index (χ4n) is 2.88. The molecule has 0 saturated carbocycles. The van der Waals surface area contributed by atoms with Gasteiger partial charge >= 0.3 is 0 Å². The molecule has 2 aromatic carbocycles. The first kappa shape index (κ1) is 17.5. The predicted molar refractivity (Wildman–Crippen MR) is 96.0 cm³/mol. The molecule has 0 bridgehead atoms. The summed E-state index contributed by atoms with van der Waals surface area (Å²) in [6, 6.07) is 14.7. The minimum absolute atomic E-state index is 0.0414. The molecular formula is C17H19N3O4S. The van der Waals surface area contributed by atoms with E-state index >= 15 is 0 Å². The first-order chi connectivity index (χ1) is 11.9. The number of hydrogen-bond acceptors (Lipinski definition) is 7. The number of phenols is 1. The molecule has 5 N–H and O–H groups in total. The van der Waals surface area contributed by atoms with E-state index in [0.29, 0.717) is 12.8 Å². The Kier molecular flexibility index (Phi) is 4.85. The highest BCUT2D eigenvalue weighted by atomic mass is 32.3. The van der Waals surface area contributed by atoms with E-state index in [0.717, 1.165) is 21.0 Å². The van der Waals surface area contributed by atoms with Crippen LogP contribution in [0, 0.1) is 11.3 Å². The Morgan fingerprint density at radius 1 is 1.20 bits per heavy atom. The molecule has 1 heterocycles. The zero-order valence-electron chi connectivity index (χ0n) is 13.3. The van der Waals surface area contributed by atoms with Crippen molar-refractivity contribution in [2.24, 2.45) is 0 Å². The lowest BCUT2D eigenvalue weighted by Gasteiger charge is -2.36. The van der Waals surface area contributed by atoms with Gasteiger partial charge in [-0.05, 0) is 35.2 Å². The van der Waals surface area contributed by atoms with Crippen LogP contribution in [0.25, 0.3) is 0 Å². The van der Waals surface area contributed by atoms with E-state index in [1.54, 1.807) is 18.2 Å². The molecule has 1 fully saturated rings. The van der Waals surface area contributed by atoms with Crippen molar-refractivity contribution in [2.75, 3.05) is 10.8 Å². The molecule has 1 atom stereocenters. The molecule has 8 heteroatoms. The predicted octanol–water partition coefficient (Wildman–Crippen LogP) is 2.36. The van der Waals surface area contributed by atoms with E-state index in [1.807, 2.05) is 24.3 Å². The number of nitrogens with one attached hydrogen (secondary N) is 1. The number of aliphatic hydroxyl groups is 1. The van der Waals surface area contributed by atoms with E-state index in [4.69, 9.17) is 5.26 Å². The molecular weight excluding hydrogens is 342 g/mol. The number of nitrogens with zero attached hydrogens (tertiary/aromatic N) is 2. The minimum Gasteiger partial charge on any atom is -0.506 e. The van der Waals surface area contributed by atoms with Crippen LogP contribution in [0.5, 0.6) is 5.75 Å². The molecule has 0 amide bonds. The topological polar surface area (TPSA) is 120 Å². The van der Waals surface area contributed by atoms with E-state index in [1.165, 1.54) is 0 Å². The van der Waals surface area contributed by atoms with Crippen LogP contribution in [0.4, 0.5) is 5.69 Å². The average Bonchev–Trinajstić information content (AvgIpc) is 2.82. The van der Waals surface area contributed by atoms with Gasteiger partial charge in [0.25, 0.3) is 0 Å². The van der Waals surface area contributed by atoms with Gasteiger partial charge in [0.1, 0.15) is 17.7 Å². The third-order valence-electron chi connectivity index (χ3n) is 4.03. The summed E-state index contributed by atoms with van der Waals surface area (Å²) in [7, 11) is -3.36.